The minimum atomic E-state index is -1.11. The normalized spacial score (nSPS) is 11.8. The van der Waals surface area contributed by atoms with Crippen molar-refractivity contribution in [3.63, 3.8) is 0 Å². The van der Waals surface area contributed by atoms with Crippen molar-refractivity contribution in [3.05, 3.63) is 153 Å². The number of carbonyl (C=O) groups excluding carboxylic acids is 3. The third kappa shape index (κ3) is 15.2. The summed E-state index contributed by atoms with van der Waals surface area (Å²) in [6.07, 6.45) is 2.56. The number of hydrogen-bond donors (Lipinski definition) is 2. The number of imidazole rings is 1. The summed E-state index contributed by atoms with van der Waals surface area (Å²) < 4.78 is 20.2. The fourth-order valence-electron chi connectivity index (χ4n) is 6.71. The van der Waals surface area contributed by atoms with Gasteiger partial charge in [0, 0.05) is 66.0 Å². The summed E-state index contributed by atoms with van der Waals surface area (Å²) in [6.45, 7) is 10.1. The van der Waals surface area contributed by atoms with E-state index in [4.69, 9.17) is 14.6 Å². The number of rotatable bonds is 13. The molecule has 2 N–H and O–H groups in total. The van der Waals surface area contributed by atoms with Crippen molar-refractivity contribution in [1.82, 2.24) is 23.6 Å². The van der Waals surface area contributed by atoms with Crippen molar-refractivity contribution in [3.8, 4) is 11.5 Å². The molecule has 2 heterocycles. The monoisotopic (exact) mass is 892 g/mol. The molecule has 16 heteroatoms. The Bertz CT molecular complexity index is 2600. The maximum atomic E-state index is 12.3. The molecule has 16 nitrogen and oxygen atoms in total. The van der Waals surface area contributed by atoms with Gasteiger partial charge in [-0.15, -0.1) is 0 Å². The highest BCUT2D eigenvalue weighted by molar-refractivity contribution is 5.91. The SMILES string of the molecule is CC(=O)Oc1ccccc1C(=O)O.CCC(=O)O[C@](Cc1ccccc1)(c1ccccc1)[C@H](C)CN(C)C.CCOc1ccc(NC(C)=O)cc1.Cn1c(=O)c2c(ncn2C)n(C)c1=O. The first kappa shape index (κ1) is 52.0. The zero-order valence-electron chi connectivity index (χ0n) is 38.7. The first-order valence-corrected chi connectivity index (χ1v) is 20.9. The van der Waals surface area contributed by atoms with Crippen LogP contribution >= 0.6 is 0 Å². The van der Waals surface area contributed by atoms with Gasteiger partial charge in [-0.2, -0.15) is 0 Å². The number of benzene rings is 4. The molecule has 2 aromatic heterocycles. The van der Waals surface area contributed by atoms with Crippen molar-refractivity contribution < 1.29 is 38.5 Å². The highest BCUT2D eigenvalue weighted by Gasteiger charge is 2.42. The van der Waals surface area contributed by atoms with Gasteiger partial charge in [-0.05, 0) is 68.5 Å². The maximum absolute atomic E-state index is 12.3. The van der Waals surface area contributed by atoms with Gasteiger partial charge in [0.1, 0.15) is 22.7 Å². The molecule has 0 saturated carbocycles. The molecular weight excluding hydrogens is 833 g/mol. The molecule has 0 bridgehead atoms. The second-order valence-electron chi connectivity index (χ2n) is 15.2. The standard InChI is InChI=1S/C22H29NO2.C10H13NO2.C9H8O4.C8H10N4O2/c1-5-21(24)25-22(18(2)17-23(3)4,20-14-10-7-11-15-20)16-19-12-8-6-9-13-19;1-3-13-10-6-4-9(5-7-10)11-8(2)12;1-6(10)13-8-5-3-2-4-7(8)9(11)12;1-10-4-9-6-5(10)7(13)12(3)8(14)11(6)2/h6-15,18H,5,16-17H2,1-4H3;4-7H,3H2,1-2H3,(H,11,12);2-5H,1H3,(H,11,12);4H,1-3H3/t18-,22+;;;/m1.../s1. The fraction of sp³-hybridized carbons (Fsp3) is 0.327. The van der Waals surface area contributed by atoms with Crippen LogP contribution in [-0.2, 0) is 52.3 Å². The maximum Gasteiger partial charge on any atom is 0.339 e. The van der Waals surface area contributed by atoms with Gasteiger partial charge in [-0.25, -0.2) is 14.6 Å². The van der Waals surface area contributed by atoms with E-state index >= 15 is 0 Å². The molecule has 65 heavy (non-hydrogen) atoms. The number of carboxylic acid groups (broad SMARTS) is 1. The van der Waals surface area contributed by atoms with Gasteiger partial charge in [0.2, 0.25) is 5.91 Å². The average molecular weight is 893 g/mol. The number of ether oxygens (including phenoxy) is 3. The van der Waals surface area contributed by atoms with Crippen LogP contribution in [0.15, 0.2) is 125 Å². The lowest BCUT2D eigenvalue weighted by Crippen LogP contribution is -2.44. The Morgan fingerprint density at radius 3 is 1.94 bits per heavy atom. The Hall–Kier alpha value is -7.33. The molecule has 4 aromatic carbocycles. The average Bonchev–Trinajstić information content (AvgIpc) is 3.67. The van der Waals surface area contributed by atoms with Crippen molar-refractivity contribution >= 4 is 40.7 Å². The van der Waals surface area contributed by atoms with Crippen LogP contribution in [-0.4, -0.2) is 79.8 Å². The van der Waals surface area contributed by atoms with Crippen LogP contribution < -0.4 is 26.0 Å². The lowest BCUT2D eigenvalue weighted by atomic mass is 9.77. The van der Waals surface area contributed by atoms with Gasteiger partial charge >= 0.3 is 23.6 Å². The van der Waals surface area contributed by atoms with Crippen molar-refractivity contribution in [2.45, 2.75) is 53.1 Å². The van der Waals surface area contributed by atoms with E-state index in [9.17, 15) is 28.8 Å². The van der Waals surface area contributed by atoms with Crippen molar-refractivity contribution in [1.29, 1.82) is 0 Å². The van der Waals surface area contributed by atoms with E-state index in [1.165, 1.54) is 49.5 Å². The van der Waals surface area contributed by atoms with E-state index in [1.807, 2.05) is 74.5 Å². The summed E-state index contributed by atoms with van der Waals surface area (Å²) in [5.74, 6) is -0.847. The lowest BCUT2D eigenvalue weighted by Gasteiger charge is -2.40. The van der Waals surface area contributed by atoms with Crippen LogP contribution in [0.2, 0.25) is 0 Å². The van der Waals surface area contributed by atoms with Crippen molar-refractivity contribution in [2.75, 3.05) is 32.6 Å². The first-order chi connectivity index (χ1) is 30.8. The minimum absolute atomic E-state index is 0.0160. The Kier molecular flexibility index (Phi) is 20.1. The van der Waals surface area contributed by atoms with Gasteiger partial charge < -0.3 is 34.1 Å². The zero-order valence-corrected chi connectivity index (χ0v) is 38.7. The van der Waals surface area contributed by atoms with Gasteiger partial charge in [-0.3, -0.25) is 28.3 Å². The summed E-state index contributed by atoms with van der Waals surface area (Å²) in [6, 6.07) is 33.7. The number of amides is 1. The zero-order chi connectivity index (χ0) is 48.3. The van der Waals surface area contributed by atoms with Gasteiger partial charge in [0.05, 0.1) is 12.9 Å². The number of carboxylic acids is 1. The molecular formula is C49H60N6O10. The Morgan fingerprint density at radius 1 is 0.815 bits per heavy atom. The molecule has 0 aliphatic rings. The minimum Gasteiger partial charge on any atom is -0.494 e. The number of esters is 2. The third-order valence-electron chi connectivity index (χ3n) is 9.77. The number of aromatic nitrogens is 4. The number of nitrogens with zero attached hydrogens (tertiary/aromatic N) is 5. The van der Waals surface area contributed by atoms with Gasteiger partial charge in [0.25, 0.3) is 5.56 Å². The molecule has 1 amide bonds. The molecule has 0 saturated heterocycles. The second kappa shape index (κ2) is 25.1. The highest BCUT2D eigenvalue weighted by atomic mass is 16.6. The number of carbonyl (C=O) groups is 4. The summed E-state index contributed by atoms with van der Waals surface area (Å²) in [7, 11) is 8.88. The molecule has 0 aliphatic heterocycles. The number of fused-ring (bicyclic) bond motifs is 1. The smallest absolute Gasteiger partial charge is 0.339 e. The lowest BCUT2D eigenvalue weighted by molar-refractivity contribution is -0.168. The number of hydrogen-bond acceptors (Lipinski definition) is 11. The van der Waals surface area contributed by atoms with Gasteiger partial charge in [0.15, 0.2) is 11.2 Å². The quantitative estimate of drug-likeness (QED) is 0.0934. The predicted octanol–water partition coefficient (Wildman–Crippen LogP) is 6.60. The molecule has 0 spiro atoms. The van der Waals surface area contributed by atoms with E-state index in [2.05, 4.69) is 65.2 Å². The van der Waals surface area contributed by atoms with Crippen LogP contribution in [0.1, 0.15) is 62.5 Å². The first-order valence-electron chi connectivity index (χ1n) is 20.9. The van der Waals surface area contributed by atoms with E-state index in [-0.39, 0.29) is 40.4 Å². The molecule has 0 radical (unpaired) electrons. The number of para-hydroxylation sites is 1. The van der Waals surface area contributed by atoms with Crippen LogP contribution in [0.3, 0.4) is 0 Å². The molecule has 2 atom stereocenters. The number of anilines is 1. The Morgan fingerprint density at radius 2 is 1.40 bits per heavy atom. The summed E-state index contributed by atoms with van der Waals surface area (Å²) in [5, 5.41) is 11.4. The second-order valence-corrected chi connectivity index (χ2v) is 15.2. The number of nitrogens with one attached hydrogen (secondary N) is 1. The number of aromatic carboxylic acids is 1. The molecule has 346 valence electrons. The summed E-state index contributed by atoms with van der Waals surface area (Å²) in [5.41, 5.74) is 2.49. The van der Waals surface area contributed by atoms with E-state index in [0.717, 1.165) is 28.1 Å². The van der Waals surface area contributed by atoms with Crippen LogP contribution in [0, 0.1) is 5.92 Å². The Balaban J connectivity index is 0.000000242. The topological polar surface area (TPSA) is 193 Å². The van der Waals surface area contributed by atoms with Crippen molar-refractivity contribution in [2.24, 2.45) is 27.1 Å². The molecule has 0 aliphatic carbocycles. The molecule has 6 rings (SSSR count). The molecule has 0 fully saturated rings. The highest BCUT2D eigenvalue weighted by Crippen LogP contribution is 2.38. The summed E-state index contributed by atoms with van der Waals surface area (Å²) in [4.78, 5) is 73.5. The molecule has 0 unspecified atom stereocenters. The van der Waals surface area contributed by atoms with E-state index in [1.54, 1.807) is 30.8 Å². The van der Waals surface area contributed by atoms with Crippen LogP contribution in [0.25, 0.3) is 11.2 Å². The van der Waals surface area contributed by atoms with Gasteiger partial charge in [-0.1, -0.05) is 86.6 Å². The van der Waals surface area contributed by atoms with Crippen LogP contribution in [0.4, 0.5) is 5.69 Å². The van der Waals surface area contributed by atoms with Crippen LogP contribution in [0.5, 0.6) is 11.5 Å². The van der Waals surface area contributed by atoms with E-state index in [0.29, 0.717) is 30.6 Å². The largest absolute Gasteiger partial charge is 0.494 e. The summed E-state index contributed by atoms with van der Waals surface area (Å²) >= 11 is 0. The molecule has 6 aromatic rings. The predicted molar refractivity (Wildman–Crippen MR) is 250 cm³/mol. The van der Waals surface area contributed by atoms with E-state index < -0.39 is 17.5 Å². The third-order valence-corrected chi connectivity index (χ3v) is 9.77. The fourth-order valence-corrected chi connectivity index (χ4v) is 6.71. The number of aryl methyl sites for hydroxylation is 2. The Labute approximate surface area is 379 Å².